The number of carbonyl (C=O) groups is 3. The predicted molar refractivity (Wildman–Crippen MR) is 99.1 cm³/mol. The first-order chi connectivity index (χ1) is 12.3. The number of amides is 3. The van der Waals surface area contributed by atoms with E-state index in [2.05, 4.69) is 10.6 Å². The summed E-state index contributed by atoms with van der Waals surface area (Å²) < 4.78 is 0. The Hall–Kier alpha value is -2.41. The predicted octanol–water partition coefficient (Wildman–Crippen LogP) is 2.53. The molecule has 1 aliphatic rings. The molecule has 1 saturated heterocycles. The number of hydrogen-bond donors (Lipinski definition) is 3. The van der Waals surface area contributed by atoms with E-state index >= 15 is 0 Å². The minimum atomic E-state index is -0.789. The number of urea groups is 1. The van der Waals surface area contributed by atoms with Crippen molar-refractivity contribution in [2.24, 2.45) is 5.92 Å². The zero-order chi connectivity index (χ0) is 19.1. The molecular formula is C19H27N3O4. The smallest absolute Gasteiger partial charge is 0.325 e. The number of nitrogens with one attached hydrogen (secondary N) is 2. The number of hydrogen-bond acceptors (Lipinski definition) is 4. The van der Waals surface area contributed by atoms with Crippen LogP contribution in [0.4, 0.5) is 10.5 Å². The van der Waals surface area contributed by atoms with E-state index < -0.39 is 12.0 Å². The second-order valence-corrected chi connectivity index (χ2v) is 6.93. The van der Waals surface area contributed by atoms with Crippen molar-refractivity contribution in [1.82, 2.24) is 10.2 Å². The van der Waals surface area contributed by atoms with Gasteiger partial charge in [0.2, 0.25) is 5.91 Å². The molecule has 1 aliphatic heterocycles. The summed E-state index contributed by atoms with van der Waals surface area (Å²) in [6, 6.07) is 5.07. The maximum atomic E-state index is 12.1. The summed E-state index contributed by atoms with van der Waals surface area (Å²) in [6.45, 7) is 5.50. The van der Waals surface area contributed by atoms with Crippen molar-refractivity contribution in [2.75, 3.05) is 25.0 Å². The Bertz CT molecular complexity index is 675. The third-order valence-electron chi connectivity index (χ3n) is 4.84. The van der Waals surface area contributed by atoms with Crippen LogP contribution in [0.25, 0.3) is 0 Å². The Morgan fingerprint density at radius 1 is 1.27 bits per heavy atom. The number of rotatable bonds is 6. The van der Waals surface area contributed by atoms with Gasteiger partial charge < -0.3 is 10.4 Å². The summed E-state index contributed by atoms with van der Waals surface area (Å²) in [5.74, 6) is -0.855. The van der Waals surface area contributed by atoms with Gasteiger partial charge in [0.05, 0.1) is 6.54 Å². The average Bonchev–Trinajstić information content (AvgIpc) is 2.57. The van der Waals surface area contributed by atoms with E-state index in [1.807, 2.05) is 30.9 Å². The molecule has 1 heterocycles. The van der Waals surface area contributed by atoms with Gasteiger partial charge in [0, 0.05) is 18.7 Å². The van der Waals surface area contributed by atoms with Crippen molar-refractivity contribution >= 4 is 23.6 Å². The first-order valence-electron chi connectivity index (χ1n) is 8.96. The van der Waals surface area contributed by atoms with Crippen LogP contribution in [0.1, 0.15) is 36.8 Å². The lowest BCUT2D eigenvalue weighted by Crippen LogP contribution is -2.45. The van der Waals surface area contributed by atoms with Crippen LogP contribution in [-0.2, 0) is 9.59 Å². The van der Waals surface area contributed by atoms with Gasteiger partial charge in [0.1, 0.15) is 0 Å². The van der Waals surface area contributed by atoms with Crippen LogP contribution in [0, 0.1) is 19.8 Å². The van der Waals surface area contributed by atoms with Gasteiger partial charge in [-0.15, -0.1) is 0 Å². The van der Waals surface area contributed by atoms with Crippen LogP contribution in [-0.4, -0.2) is 47.5 Å². The minimum absolute atomic E-state index is 0.143. The summed E-state index contributed by atoms with van der Waals surface area (Å²) >= 11 is 0. The Labute approximate surface area is 153 Å². The molecular weight excluding hydrogens is 334 g/mol. The quantitative estimate of drug-likeness (QED) is 0.723. The van der Waals surface area contributed by atoms with Gasteiger partial charge >= 0.3 is 12.0 Å². The number of piperidine rings is 1. The molecule has 0 bridgehead atoms. The van der Waals surface area contributed by atoms with Gasteiger partial charge in [-0.3, -0.25) is 19.8 Å². The molecule has 26 heavy (non-hydrogen) atoms. The molecule has 142 valence electrons. The zero-order valence-electron chi connectivity index (χ0n) is 15.4. The summed E-state index contributed by atoms with van der Waals surface area (Å²) in [5.41, 5.74) is 2.71. The summed E-state index contributed by atoms with van der Waals surface area (Å²) in [4.78, 5) is 36.8. The fourth-order valence-electron chi connectivity index (χ4n) is 3.27. The molecule has 0 radical (unpaired) electrons. The number of benzene rings is 1. The molecule has 1 aromatic rings. The Balaban J connectivity index is 1.79. The molecule has 1 fully saturated rings. The van der Waals surface area contributed by atoms with E-state index in [0.717, 1.165) is 30.5 Å². The summed E-state index contributed by atoms with van der Waals surface area (Å²) in [5, 5.41) is 13.9. The maximum Gasteiger partial charge on any atom is 0.325 e. The highest BCUT2D eigenvalue weighted by molar-refractivity contribution is 6.02. The molecule has 7 nitrogen and oxygen atoms in total. The molecule has 3 amide bonds. The van der Waals surface area contributed by atoms with Crippen LogP contribution in [0.3, 0.4) is 0 Å². The van der Waals surface area contributed by atoms with Gasteiger partial charge in [-0.05, 0) is 62.8 Å². The SMILES string of the molecule is Cc1cccc(NC(=O)NC(=O)CN2CCCC(CCC(=O)O)C2)c1C. The standard InChI is InChI=1S/C19H27N3O4/c1-13-5-3-7-16(14(13)2)20-19(26)21-17(23)12-22-10-4-6-15(11-22)8-9-18(24)25/h3,5,7,15H,4,6,8-12H2,1-2H3,(H,24,25)(H2,20,21,23,26). The van der Waals surface area contributed by atoms with Gasteiger partial charge in [0.15, 0.2) is 0 Å². The fourth-order valence-corrected chi connectivity index (χ4v) is 3.27. The van der Waals surface area contributed by atoms with E-state index in [1.54, 1.807) is 6.07 Å². The highest BCUT2D eigenvalue weighted by Gasteiger charge is 2.22. The van der Waals surface area contributed by atoms with Crippen LogP contribution >= 0.6 is 0 Å². The molecule has 0 spiro atoms. The lowest BCUT2D eigenvalue weighted by molar-refractivity contribution is -0.137. The Morgan fingerprint density at radius 2 is 2.04 bits per heavy atom. The van der Waals surface area contributed by atoms with Gasteiger partial charge in [-0.1, -0.05) is 12.1 Å². The van der Waals surface area contributed by atoms with Crippen molar-refractivity contribution in [2.45, 2.75) is 39.5 Å². The van der Waals surface area contributed by atoms with E-state index in [9.17, 15) is 14.4 Å². The van der Waals surface area contributed by atoms with Crippen molar-refractivity contribution in [3.05, 3.63) is 29.3 Å². The number of carbonyl (C=O) groups excluding carboxylic acids is 2. The monoisotopic (exact) mass is 361 g/mol. The van der Waals surface area contributed by atoms with E-state index in [1.165, 1.54) is 0 Å². The normalized spacial score (nSPS) is 17.5. The number of likely N-dealkylation sites (tertiary alicyclic amines) is 1. The third-order valence-corrected chi connectivity index (χ3v) is 4.84. The minimum Gasteiger partial charge on any atom is -0.481 e. The molecule has 3 N–H and O–H groups in total. The fraction of sp³-hybridized carbons (Fsp3) is 0.526. The van der Waals surface area contributed by atoms with E-state index in [-0.39, 0.29) is 24.8 Å². The first-order valence-corrected chi connectivity index (χ1v) is 8.96. The maximum absolute atomic E-state index is 12.1. The zero-order valence-corrected chi connectivity index (χ0v) is 15.4. The molecule has 1 unspecified atom stereocenters. The van der Waals surface area contributed by atoms with E-state index in [0.29, 0.717) is 18.7 Å². The van der Waals surface area contributed by atoms with Crippen LogP contribution in [0.2, 0.25) is 0 Å². The van der Waals surface area contributed by atoms with Crippen molar-refractivity contribution in [1.29, 1.82) is 0 Å². The second-order valence-electron chi connectivity index (χ2n) is 6.93. The number of carboxylic acid groups (broad SMARTS) is 1. The third kappa shape index (κ3) is 6.15. The van der Waals surface area contributed by atoms with Crippen molar-refractivity contribution < 1.29 is 19.5 Å². The second kappa shape index (κ2) is 9.33. The average molecular weight is 361 g/mol. The van der Waals surface area contributed by atoms with Crippen LogP contribution in [0.5, 0.6) is 0 Å². The molecule has 2 rings (SSSR count). The summed E-state index contributed by atoms with van der Waals surface area (Å²) in [6.07, 6.45) is 2.70. The van der Waals surface area contributed by atoms with Gasteiger partial charge in [0.25, 0.3) is 0 Å². The molecule has 0 aromatic heterocycles. The summed E-state index contributed by atoms with van der Waals surface area (Å²) in [7, 11) is 0. The first kappa shape index (κ1) is 19.9. The number of aryl methyl sites for hydroxylation is 1. The number of imide groups is 1. The Morgan fingerprint density at radius 3 is 2.77 bits per heavy atom. The topological polar surface area (TPSA) is 98.7 Å². The number of nitrogens with zero attached hydrogens (tertiary/aromatic N) is 1. The number of aliphatic carboxylic acids is 1. The molecule has 0 aliphatic carbocycles. The number of carboxylic acids is 1. The lowest BCUT2D eigenvalue weighted by Gasteiger charge is -2.31. The Kier molecular flexibility index (Phi) is 7.15. The van der Waals surface area contributed by atoms with Crippen molar-refractivity contribution in [3.8, 4) is 0 Å². The lowest BCUT2D eigenvalue weighted by atomic mass is 9.93. The van der Waals surface area contributed by atoms with Gasteiger partial charge in [-0.25, -0.2) is 4.79 Å². The molecule has 1 aromatic carbocycles. The highest BCUT2D eigenvalue weighted by atomic mass is 16.4. The number of anilines is 1. The van der Waals surface area contributed by atoms with E-state index in [4.69, 9.17) is 5.11 Å². The molecule has 0 saturated carbocycles. The van der Waals surface area contributed by atoms with Crippen molar-refractivity contribution in [3.63, 3.8) is 0 Å². The van der Waals surface area contributed by atoms with Crippen LogP contribution < -0.4 is 10.6 Å². The van der Waals surface area contributed by atoms with Crippen LogP contribution in [0.15, 0.2) is 18.2 Å². The molecule has 1 atom stereocenters. The molecule has 7 heteroatoms. The highest BCUT2D eigenvalue weighted by Crippen LogP contribution is 2.21. The largest absolute Gasteiger partial charge is 0.481 e. The van der Waals surface area contributed by atoms with Gasteiger partial charge in [-0.2, -0.15) is 0 Å².